The molecule has 0 amide bonds. The Hall–Kier alpha value is -2.88. The Morgan fingerprint density at radius 1 is 0.564 bits per heavy atom. The average molecular weight is 626 g/mol. The summed E-state index contributed by atoms with van der Waals surface area (Å²) in [6, 6.07) is 21.2. The molecule has 11 heteroatoms. The van der Waals surface area contributed by atoms with Crippen molar-refractivity contribution in [2.24, 2.45) is 0 Å². The van der Waals surface area contributed by atoms with Crippen molar-refractivity contribution in [3.8, 4) is 33.8 Å². The van der Waals surface area contributed by atoms with Crippen molar-refractivity contribution in [1.82, 2.24) is 0 Å². The summed E-state index contributed by atoms with van der Waals surface area (Å²) in [7, 11) is -4.98. The molecule has 0 aliphatic heterocycles. The van der Waals surface area contributed by atoms with Crippen molar-refractivity contribution in [2.75, 3.05) is 0 Å². The van der Waals surface area contributed by atoms with Gasteiger partial charge in [-0.3, -0.25) is 0 Å². The number of hydrogen-bond donors (Lipinski definition) is 2. The summed E-state index contributed by atoms with van der Waals surface area (Å²) in [6.07, 6.45) is 0.956. The van der Waals surface area contributed by atoms with E-state index in [1.807, 2.05) is 48.5 Å². The minimum absolute atomic E-state index is 0. The predicted octanol–water partition coefficient (Wildman–Crippen LogP) is 6.58. The molecule has 39 heavy (non-hydrogen) atoms. The van der Waals surface area contributed by atoms with Crippen molar-refractivity contribution in [3.63, 3.8) is 0 Å². The molecule has 0 bridgehead atoms. The van der Waals surface area contributed by atoms with Gasteiger partial charge >= 0.3 is 11.5 Å². The molecular formula is C28H20F4O4S2Zn. The number of phenolic OH excluding ortho intramolecular Hbond substituents is 2. The van der Waals surface area contributed by atoms with Crippen LogP contribution < -0.4 is 0 Å². The number of rotatable bonds is 4. The van der Waals surface area contributed by atoms with Gasteiger partial charge in [-0.2, -0.15) is 17.6 Å². The fraction of sp³-hybridized carbons (Fsp3) is 0.143. The fourth-order valence-electron chi connectivity index (χ4n) is 4.86. The van der Waals surface area contributed by atoms with Gasteiger partial charge in [-0.05, 0) is 45.5 Å². The molecule has 0 radical (unpaired) electrons. The maximum atomic E-state index is 12.5. The number of alkyl halides is 4. The molecule has 2 atom stereocenters. The summed E-state index contributed by atoms with van der Waals surface area (Å²) in [4.78, 5) is -0.386. The standard InChI is InChI=1S/2C14H10F2O2S.Zn/c2*15-14(16)19(18)12-6-5-10-9-4-2-1-3-8(9)7-11(10)13(12)17;/h2*1-6,14,17H,7H2;. The summed E-state index contributed by atoms with van der Waals surface area (Å²) in [5, 5.41) is 20.1. The zero-order valence-corrected chi connectivity index (χ0v) is 24.8. The molecule has 6 rings (SSSR count). The van der Waals surface area contributed by atoms with Gasteiger partial charge in [0.1, 0.15) is 33.1 Å². The first kappa shape index (κ1) is 29.1. The van der Waals surface area contributed by atoms with Gasteiger partial charge in [-0.25, -0.2) is 8.42 Å². The van der Waals surface area contributed by atoms with E-state index in [0.717, 1.165) is 33.4 Å². The van der Waals surface area contributed by atoms with Crippen LogP contribution in [0, 0.1) is 0 Å². The number of halogens is 4. The van der Waals surface area contributed by atoms with Gasteiger partial charge in [0.25, 0.3) is 0 Å². The maximum absolute atomic E-state index is 12.5. The van der Waals surface area contributed by atoms with Crippen LogP contribution >= 0.6 is 0 Å². The van der Waals surface area contributed by atoms with Crippen LogP contribution in [0.3, 0.4) is 0 Å². The second-order valence-electron chi connectivity index (χ2n) is 8.66. The van der Waals surface area contributed by atoms with E-state index < -0.39 is 33.1 Å². The Labute approximate surface area is 239 Å². The second kappa shape index (κ2) is 11.7. The Balaban J connectivity index is 0.000000176. The molecule has 4 nitrogen and oxygen atoms in total. The van der Waals surface area contributed by atoms with Crippen molar-refractivity contribution >= 4 is 21.6 Å². The molecule has 0 saturated carbocycles. The zero-order chi connectivity index (χ0) is 27.1. The van der Waals surface area contributed by atoms with Crippen molar-refractivity contribution in [1.29, 1.82) is 0 Å². The fourth-order valence-corrected chi connectivity index (χ4v) is 6.28. The van der Waals surface area contributed by atoms with Crippen LogP contribution in [0.2, 0.25) is 0 Å². The predicted molar refractivity (Wildman–Crippen MR) is 138 cm³/mol. The van der Waals surface area contributed by atoms with Gasteiger partial charge < -0.3 is 10.2 Å². The quantitative estimate of drug-likeness (QED) is 0.171. The van der Waals surface area contributed by atoms with Crippen molar-refractivity contribution in [2.45, 2.75) is 34.1 Å². The van der Waals surface area contributed by atoms with Gasteiger partial charge in [-0.15, -0.1) is 0 Å². The monoisotopic (exact) mass is 624 g/mol. The van der Waals surface area contributed by atoms with E-state index in [4.69, 9.17) is 0 Å². The van der Waals surface area contributed by atoms with E-state index in [2.05, 4.69) is 0 Å². The van der Waals surface area contributed by atoms with Crippen LogP contribution in [-0.2, 0) is 53.9 Å². The van der Waals surface area contributed by atoms with Crippen LogP contribution in [0.15, 0.2) is 82.6 Å². The van der Waals surface area contributed by atoms with E-state index in [0.29, 0.717) is 24.0 Å². The van der Waals surface area contributed by atoms with Crippen LogP contribution in [0.1, 0.15) is 22.3 Å². The van der Waals surface area contributed by atoms with Gasteiger partial charge in [0, 0.05) is 43.4 Å². The first-order valence-electron chi connectivity index (χ1n) is 11.4. The summed E-state index contributed by atoms with van der Waals surface area (Å²) < 4.78 is 72.9. The van der Waals surface area contributed by atoms with Crippen LogP contribution in [-0.4, -0.2) is 30.1 Å². The molecule has 2 aliphatic carbocycles. The van der Waals surface area contributed by atoms with Crippen LogP contribution in [0.5, 0.6) is 11.5 Å². The Morgan fingerprint density at radius 3 is 1.28 bits per heavy atom. The molecule has 0 fully saturated rings. The van der Waals surface area contributed by atoms with Crippen molar-refractivity contribution in [3.05, 3.63) is 95.1 Å². The van der Waals surface area contributed by atoms with E-state index in [-0.39, 0.29) is 40.8 Å². The largest absolute Gasteiger partial charge is 0.506 e. The SMILES string of the molecule is O=S(c1ccc2c(c1O)Cc1ccccc1-2)C(F)F.O=S(c1ccc2c(c1O)Cc1ccccc1-2)C(F)F.[Zn]. The molecule has 4 aromatic carbocycles. The van der Waals surface area contributed by atoms with Crippen LogP contribution in [0.25, 0.3) is 22.3 Å². The summed E-state index contributed by atoms with van der Waals surface area (Å²) in [6.45, 7) is 0. The number of fused-ring (bicyclic) bond motifs is 6. The molecule has 198 valence electrons. The molecule has 0 heterocycles. The topological polar surface area (TPSA) is 74.6 Å². The first-order chi connectivity index (χ1) is 18.2. The Morgan fingerprint density at radius 2 is 0.923 bits per heavy atom. The molecule has 2 aliphatic rings. The molecule has 4 aromatic rings. The first-order valence-corrected chi connectivity index (χ1v) is 13.8. The third-order valence-electron chi connectivity index (χ3n) is 6.60. The summed E-state index contributed by atoms with van der Waals surface area (Å²) in [5.74, 6) is -6.53. The van der Waals surface area contributed by atoms with Gasteiger partial charge in [0.05, 0.1) is 9.79 Å². The average Bonchev–Trinajstić information content (AvgIpc) is 3.48. The number of aromatic hydroxyl groups is 2. The molecule has 2 N–H and O–H groups in total. The smallest absolute Gasteiger partial charge is 0.316 e. The third kappa shape index (κ3) is 5.32. The summed E-state index contributed by atoms with van der Waals surface area (Å²) in [5.41, 5.74) is 6.84. The van der Waals surface area contributed by atoms with E-state index in [9.17, 15) is 36.2 Å². The number of phenols is 2. The molecule has 2 unspecified atom stereocenters. The number of benzene rings is 4. The minimum Gasteiger partial charge on any atom is -0.506 e. The van der Waals surface area contributed by atoms with Crippen LogP contribution in [0.4, 0.5) is 17.6 Å². The number of hydrogen-bond acceptors (Lipinski definition) is 4. The molecule has 0 aromatic heterocycles. The van der Waals surface area contributed by atoms with Gasteiger partial charge in [0.2, 0.25) is 0 Å². The van der Waals surface area contributed by atoms with E-state index in [1.54, 1.807) is 12.1 Å². The van der Waals surface area contributed by atoms with Gasteiger partial charge in [0.15, 0.2) is 0 Å². The normalized spacial score (nSPS) is 13.9. The molecule has 0 saturated heterocycles. The van der Waals surface area contributed by atoms with Gasteiger partial charge in [-0.1, -0.05) is 60.7 Å². The van der Waals surface area contributed by atoms with Crippen molar-refractivity contribution < 1.29 is 55.7 Å². The van der Waals surface area contributed by atoms with E-state index >= 15 is 0 Å². The van der Waals surface area contributed by atoms with E-state index in [1.165, 1.54) is 12.1 Å². The Bertz CT molecular complexity index is 1490. The zero-order valence-electron chi connectivity index (χ0n) is 20.2. The Kier molecular flexibility index (Phi) is 8.73. The maximum Gasteiger partial charge on any atom is 0.316 e. The second-order valence-corrected chi connectivity index (χ2v) is 11.4. The molecule has 0 spiro atoms. The molecular weight excluding hydrogens is 606 g/mol. The third-order valence-corrected chi connectivity index (χ3v) is 8.77. The minimum atomic E-state index is -2.99. The summed E-state index contributed by atoms with van der Waals surface area (Å²) >= 11 is 0.